The lowest BCUT2D eigenvalue weighted by Gasteiger charge is -2.14. The molecule has 6 nitrogen and oxygen atoms in total. The van der Waals surface area contributed by atoms with Gasteiger partial charge in [-0.15, -0.1) is 0 Å². The van der Waals surface area contributed by atoms with Crippen LogP contribution in [-0.2, 0) is 20.6 Å². The van der Waals surface area contributed by atoms with Gasteiger partial charge in [0.2, 0.25) is 0 Å². The molecule has 1 atom stereocenters. The minimum Gasteiger partial charge on any atom is -0.306 e. The van der Waals surface area contributed by atoms with Gasteiger partial charge in [0.05, 0.1) is 0 Å². The molecule has 0 saturated heterocycles. The van der Waals surface area contributed by atoms with E-state index in [4.69, 9.17) is 0 Å². The fourth-order valence-corrected chi connectivity index (χ4v) is 2.04. The molecular weight excluding hydrogens is 256 g/mol. The molecule has 0 fully saturated rings. The normalized spacial score (nSPS) is 12.3. The molecule has 2 rings (SSSR count). The van der Waals surface area contributed by atoms with Crippen LogP contribution in [0.5, 0.6) is 0 Å². The van der Waals surface area contributed by atoms with E-state index < -0.39 is 0 Å². The molecule has 0 aliphatic carbocycles. The summed E-state index contributed by atoms with van der Waals surface area (Å²) >= 11 is 0. The second kappa shape index (κ2) is 5.83. The van der Waals surface area contributed by atoms with Crippen LogP contribution in [0, 0.1) is 0 Å². The van der Waals surface area contributed by atoms with Crippen molar-refractivity contribution in [3.05, 3.63) is 62.7 Å². The zero-order valence-electron chi connectivity index (χ0n) is 11.8. The summed E-state index contributed by atoms with van der Waals surface area (Å²) in [5.41, 5.74) is 1.08. The van der Waals surface area contributed by atoms with Gasteiger partial charge in [0, 0.05) is 50.8 Å². The van der Waals surface area contributed by atoms with E-state index in [0.29, 0.717) is 12.1 Å². The van der Waals surface area contributed by atoms with Crippen LogP contribution in [0.15, 0.2) is 40.3 Å². The molecule has 0 radical (unpaired) electrons. The van der Waals surface area contributed by atoms with Crippen molar-refractivity contribution < 1.29 is 0 Å². The van der Waals surface area contributed by atoms with Crippen LogP contribution in [0.1, 0.15) is 24.1 Å². The molecule has 2 heterocycles. The highest BCUT2D eigenvalue weighted by atomic mass is 16.2. The third-order valence-electron chi connectivity index (χ3n) is 3.32. The van der Waals surface area contributed by atoms with Crippen molar-refractivity contribution in [1.29, 1.82) is 0 Å². The standard InChI is InChI=1S/C14H18N4O2/c1-10(11-4-6-15-7-5-11)16-8-12-9-17(2)14(20)18(3)13(12)19/h4-7,9-10,16H,8H2,1-3H3/t10-/m1/s1. The van der Waals surface area contributed by atoms with E-state index >= 15 is 0 Å². The average Bonchev–Trinajstić information content (AvgIpc) is 2.48. The van der Waals surface area contributed by atoms with Crippen LogP contribution >= 0.6 is 0 Å². The minimum absolute atomic E-state index is 0.0972. The predicted octanol–water partition coefficient (Wildman–Crippen LogP) is 0.330. The number of pyridine rings is 1. The smallest absolute Gasteiger partial charge is 0.306 e. The Morgan fingerprint density at radius 3 is 2.55 bits per heavy atom. The first-order valence-electron chi connectivity index (χ1n) is 6.39. The van der Waals surface area contributed by atoms with E-state index in [1.54, 1.807) is 25.6 Å². The van der Waals surface area contributed by atoms with Gasteiger partial charge >= 0.3 is 5.69 Å². The topological polar surface area (TPSA) is 68.9 Å². The molecule has 0 spiro atoms. The Morgan fingerprint density at radius 1 is 1.25 bits per heavy atom. The first-order valence-corrected chi connectivity index (χ1v) is 6.39. The fourth-order valence-electron chi connectivity index (χ4n) is 2.04. The molecule has 0 saturated carbocycles. The Labute approximate surface area is 116 Å². The van der Waals surface area contributed by atoms with E-state index in [9.17, 15) is 9.59 Å². The largest absolute Gasteiger partial charge is 0.330 e. The van der Waals surface area contributed by atoms with Crippen LogP contribution in [0.3, 0.4) is 0 Å². The van der Waals surface area contributed by atoms with Gasteiger partial charge < -0.3 is 9.88 Å². The monoisotopic (exact) mass is 274 g/mol. The Morgan fingerprint density at radius 2 is 1.90 bits per heavy atom. The second-order valence-corrected chi connectivity index (χ2v) is 4.80. The quantitative estimate of drug-likeness (QED) is 0.872. The number of hydrogen-bond acceptors (Lipinski definition) is 4. The highest BCUT2D eigenvalue weighted by Gasteiger charge is 2.09. The number of hydrogen-bond donors (Lipinski definition) is 1. The van der Waals surface area contributed by atoms with Crippen molar-refractivity contribution >= 4 is 0 Å². The van der Waals surface area contributed by atoms with Crippen LogP contribution in [-0.4, -0.2) is 14.1 Å². The Bertz CT molecular complexity index is 703. The maximum atomic E-state index is 12.0. The molecule has 0 unspecified atom stereocenters. The molecule has 0 aliphatic rings. The van der Waals surface area contributed by atoms with E-state index in [1.807, 2.05) is 19.1 Å². The van der Waals surface area contributed by atoms with Crippen molar-refractivity contribution in [3.63, 3.8) is 0 Å². The van der Waals surface area contributed by atoms with Crippen molar-refractivity contribution in [2.75, 3.05) is 0 Å². The SMILES string of the molecule is C[C@@H](NCc1cn(C)c(=O)n(C)c1=O)c1ccncc1. The van der Waals surface area contributed by atoms with Crippen LogP contribution in [0.4, 0.5) is 0 Å². The Balaban J connectivity index is 2.16. The molecule has 2 aromatic heterocycles. The summed E-state index contributed by atoms with van der Waals surface area (Å²) in [6, 6.07) is 3.95. The van der Waals surface area contributed by atoms with Crippen molar-refractivity contribution in [2.45, 2.75) is 19.5 Å². The summed E-state index contributed by atoms with van der Waals surface area (Å²) in [7, 11) is 3.12. The first-order chi connectivity index (χ1) is 9.50. The molecule has 0 aromatic carbocycles. The van der Waals surface area contributed by atoms with E-state index in [-0.39, 0.29) is 17.3 Å². The van der Waals surface area contributed by atoms with Crippen molar-refractivity contribution in [3.8, 4) is 0 Å². The van der Waals surface area contributed by atoms with Gasteiger partial charge in [0.1, 0.15) is 0 Å². The number of aromatic nitrogens is 3. The number of nitrogens with zero attached hydrogens (tertiary/aromatic N) is 3. The van der Waals surface area contributed by atoms with Gasteiger partial charge in [-0.05, 0) is 24.6 Å². The number of nitrogens with one attached hydrogen (secondary N) is 1. The molecule has 106 valence electrons. The maximum Gasteiger partial charge on any atom is 0.330 e. The molecule has 0 bridgehead atoms. The summed E-state index contributed by atoms with van der Waals surface area (Å²) in [5.74, 6) is 0. The van der Waals surface area contributed by atoms with E-state index in [2.05, 4.69) is 10.3 Å². The lowest BCUT2D eigenvalue weighted by atomic mass is 10.1. The van der Waals surface area contributed by atoms with Gasteiger partial charge in [-0.2, -0.15) is 0 Å². The minimum atomic E-state index is -0.319. The average molecular weight is 274 g/mol. The van der Waals surface area contributed by atoms with Crippen molar-refractivity contribution in [2.24, 2.45) is 14.1 Å². The third-order valence-corrected chi connectivity index (χ3v) is 3.32. The summed E-state index contributed by atoms with van der Waals surface area (Å²) in [4.78, 5) is 27.6. The maximum absolute atomic E-state index is 12.0. The van der Waals surface area contributed by atoms with Gasteiger partial charge in [-0.1, -0.05) is 0 Å². The first kappa shape index (κ1) is 14.2. The molecular formula is C14H18N4O2. The summed E-state index contributed by atoms with van der Waals surface area (Å²) in [5, 5.41) is 3.27. The molecule has 20 heavy (non-hydrogen) atoms. The molecule has 0 amide bonds. The Hall–Kier alpha value is -2.21. The number of aryl methyl sites for hydroxylation is 1. The fraction of sp³-hybridized carbons (Fsp3) is 0.357. The highest BCUT2D eigenvalue weighted by molar-refractivity contribution is 5.14. The predicted molar refractivity (Wildman–Crippen MR) is 76.4 cm³/mol. The zero-order valence-corrected chi connectivity index (χ0v) is 11.8. The van der Waals surface area contributed by atoms with Gasteiger partial charge in [-0.3, -0.25) is 14.3 Å². The van der Waals surface area contributed by atoms with Crippen molar-refractivity contribution in [1.82, 2.24) is 19.4 Å². The van der Waals surface area contributed by atoms with Gasteiger partial charge in [-0.25, -0.2) is 4.79 Å². The van der Waals surface area contributed by atoms with Gasteiger partial charge in [0.15, 0.2) is 0 Å². The summed E-state index contributed by atoms with van der Waals surface area (Å²) < 4.78 is 2.53. The lowest BCUT2D eigenvalue weighted by Crippen LogP contribution is -2.39. The molecule has 0 aliphatic heterocycles. The molecule has 1 N–H and O–H groups in total. The van der Waals surface area contributed by atoms with E-state index in [1.165, 1.54) is 11.6 Å². The number of rotatable bonds is 4. The summed E-state index contributed by atoms with van der Waals surface area (Å²) in [6.07, 6.45) is 5.05. The molecule has 2 aromatic rings. The van der Waals surface area contributed by atoms with Crippen LogP contribution in [0.2, 0.25) is 0 Å². The second-order valence-electron chi connectivity index (χ2n) is 4.80. The Kier molecular flexibility index (Phi) is 4.14. The van der Waals surface area contributed by atoms with Crippen LogP contribution < -0.4 is 16.6 Å². The lowest BCUT2D eigenvalue weighted by molar-refractivity contribution is 0.558. The summed E-state index contributed by atoms with van der Waals surface area (Å²) in [6.45, 7) is 2.42. The van der Waals surface area contributed by atoms with Gasteiger partial charge in [0.25, 0.3) is 5.56 Å². The third kappa shape index (κ3) is 2.85. The van der Waals surface area contributed by atoms with Crippen LogP contribution in [0.25, 0.3) is 0 Å². The highest BCUT2D eigenvalue weighted by Crippen LogP contribution is 2.10. The molecule has 6 heteroatoms. The van der Waals surface area contributed by atoms with E-state index in [0.717, 1.165) is 10.1 Å². The zero-order chi connectivity index (χ0) is 14.7.